The van der Waals surface area contributed by atoms with Gasteiger partial charge in [0.1, 0.15) is 5.82 Å². The third-order valence-corrected chi connectivity index (χ3v) is 3.85. The highest BCUT2D eigenvalue weighted by Gasteiger charge is 2.39. The number of amides is 1. The molecule has 0 unspecified atom stereocenters. The molecule has 0 saturated heterocycles. The first-order valence-corrected chi connectivity index (χ1v) is 6.17. The van der Waals surface area contributed by atoms with Gasteiger partial charge in [-0.3, -0.25) is 9.89 Å². The van der Waals surface area contributed by atoms with E-state index in [-0.39, 0.29) is 5.91 Å². The van der Waals surface area contributed by atoms with Gasteiger partial charge in [-0.05, 0) is 31.6 Å². The van der Waals surface area contributed by atoms with Crippen molar-refractivity contribution in [2.75, 3.05) is 11.9 Å². The van der Waals surface area contributed by atoms with Gasteiger partial charge in [0.05, 0.1) is 11.6 Å². The van der Waals surface area contributed by atoms with Gasteiger partial charge in [-0.25, -0.2) is 0 Å². The molecule has 0 atom stereocenters. The van der Waals surface area contributed by atoms with Gasteiger partial charge in [0, 0.05) is 12.6 Å². The number of nitrogens with two attached hydrogens (primary N) is 1. The zero-order chi connectivity index (χ0) is 12.3. The molecule has 2 rings (SSSR count). The Labute approximate surface area is 101 Å². The molecule has 0 radical (unpaired) electrons. The van der Waals surface area contributed by atoms with E-state index in [2.05, 4.69) is 22.4 Å². The highest BCUT2D eigenvalue weighted by molar-refractivity contribution is 5.94. The number of aromatic nitrogens is 2. The molecule has 0 bridgehead atoms. The van der Waals surface area contributed by atoms with E-state index in [1.807, 2.05) is 0 Å². The molecule has 4 N–H and O–H groups in total. The van der Waals surface area contributed by atoms with Crippen molar-refractivity contribution in [2.24, 2.45) is 17.1 Å². The fraction of sp³-hybridized carbons (Fsp3) is 0.667. The normalized spacial score (nSPS) is 28.9. The second kappa shape index (κ2) is 4.87. The van der Waals surface area contributed by atoms with Crippen LogP contribution < -0.4 is 11.1 Å². The van der Waals surface area contributed by atoms with Gasteiger partial charge < -0.3 is 11.1 Å². The van der Waals surface area contributed by atoms with Crippen molar-refractivity contribution >= 4 is 11.7 Å². The van der Waals surface area contributed by atoms with Crippen molar-refractivity contribution < 1.29 is 4.79 Å². The molecule has 94 valence electrons. The molecule has 1 fully saturated rings. The first-order chi connectivity index (χ1) is 8.16. The molecule has 0 spiro atoms. The second-order valence-corrected chi connectivity index (χ2v) is 5.09. The summed E-state index contributed by atoms with van der Waals surface area (Å²) in [6, 6.07) is 1.74. The molecule has 1 saturated carbocycles. The van der Waals surface area contributed by atoms with Crippen LogP contribution in [0.5, 0.6) is 0 Å². The van der Waals surface area contributed by atoms with Crippen molar-refractivity contribution in [3.05, 3.63) is 12.3 Å². The minimum Gasteiger partial charge on any atom is -0.329 e. The monoisotopic (exact) mass is 236 g/mol. The van der Waals surface area contributed by atoms with Crippen LogP contribution in [0.2, 0.25) is 0 Å². The summed E-state index contributed by atoms with van der Waals surface area (Å²) in [6.45, 7) is 2.65. The largest absolute Gasteiger partial charge is 0.329 e. The summed E-state index contributed by atoms with van der Waals surface area (Å²) >= 11 is 0. The topological polar surface area (TPSA) is 83.8 Å². The van der Waals surface area contributed by atoms with E-state index in [4.69, 9.17) is 5.73 Å². The van der Waals surface area contributed by atoms with Crippen molar-refractivity contribution in [1.82, 2.24) is 10.2 Å². The van der Waals surface area contributed by atoms with Crippen LogP contribution in [-0.2, 0) is 4.79 Å². The van der Waals surface area contributed by atoms with Crippen molar-refractivity contribution in [3.8, 4) is 0 Å². The zero-order valence-electron chi connectivity index (χ0n) is 10.2. The Morgan fingerprint density at radius 1 is 1.65 bits per heavy atom. The van der Waals surface area contributed by atoms with E-state index >= 15 is 0 Å². The summed E-state index contributed by atoms with van der Waals surface area (Å²) in [5.74, 6) is 1.37. The van der Waals surface area contributed by atoms with Crippen molar-refractivity contribution in [1.29, 1.82) is 0 Å². The van der Waals surface area contributed by atoms with E-state index in [0.29, 0.717) is 18.3 Å². The summed E-state index contributed by atoms with van der Waals surface area (Å²) in [6.07, 6.45) is 5.53. The Balaban J connectivity index is 2.05. The number of nitrogens with one attached hydrogen (secondary N) is 2. The molecular weight excluding hydrogens is 216 g/mol. The fourth-order valence-corrected chi connectivity index (χ4v) is 2.42. The van der Waals surface area contributed by atoms with E-state index in [9.17, 15) is 4.79 Å². The lowest BCUT2D eigenvalue weighted by molar-refractivity contribution is -0.127. The van der Waals surface area contributed by atoms with Crippen LogP contribution in [0.3, 0.4) is 0 Å². The number of rotatable bonds is 3. The maximum Gasteiger partial charge on any atom is 0.233 e. The Morgan fingerprint density at radius 2 is 2.35 bits per heavy atom. The number of hydrogen-bond donors (Lipinski definition) is 3. The predicted octanol–water partition coefficient (Wildman–Crippen LogP) is 1.50. The Kier molecular flexibility index (Phi) is 3.47. The molecule has 0 aromatic carbocycles. The maximum atomic E-state index is 12.3. The van der Waals surface area contributed by atoms with Crippen LogP contribution >= 0.6 is 0 Å². The number of carbonyl (C=O) groups is 1. The fourth-order valence-electron chi connectivity index (χ4n) is 2.42. The van der Waals surface area contributed by atoms with Crippen LogP contribution in [0.4, 0.5) is 5.82 Å². The number of hydrogen-bond acceptors (Lipinski definition) is 3. The molecule has 1 heterocycles. The molecule has 1 aromatic rings. The van der Waals surface area contributed by atoms with E-state index in [1.165, 1.54) is 0 Å². The van der Waals surface area contributed by atoms with Gasteiger partial charge in [-0.2, -0.15) is 5.10 Å². The van der Waals surface area contributed by atoms with Gasteiger partial charge in [0.25, 0.3) is 0 Å². The average Bonchev–Trinajstić information content (AvgIpc) is 2.83. The predicted molar refractivity (Wildman–Crippen MR) is 66.3 cm³/mol. The summed E-state index contributed by atoms with van der Waals surface area (Å²) < 4.78 is 0. The standard InChI is InChI=1S/C12H20N4O/c1-9-2-5-12(8-13,6-3-9)11(17)15-10-4-7-14-16-10/h4,7,9H,2-3,5-6,8,13H2,1H3,(H2,14,15,16,17). The molecule has 1 aromatic heterocycles. The molecule has 1 aliphatic rings. The molecule has 17 heavy (non-hydrogen) atoms. The Hall–Kier alpha value is -1.36. The van der Waals surface area contributed by atoms with Crippen LogP contribution in [-0.4, -0.2) is 22.6 Å². The molecule has 5 heteroatoms. The van der Waals surface area contributed by atoms with Gasteiger partial charge in [0.15, 0.2) is 0 Å². The molecule has 0 aliphatic heterocycles. The summed E-state index contributed by atoms with van der Waals surface area (Å²) in [5, 5.41) is 9.41. The van der Waals surface area contributed by atoms with Crippen LogP contribution in [0.1, 0.15) is 32.6 Å². The first-order valence-electron chi connectivity index (χ1n) is 6.17. The van der Waals surface area contributed by atoms with Crippen LogP contribution in [0.25, 0.3) is 0 Å². The summed E-state index contributed by atoms with van der Waals surface area (Å²) in [5.41, 5.74) is 5.44. The van der Waals surface area contributed by atoms with Crippen molar-refractivity contribution in [2.45, 2.75) is 32.6 Å². The Bertz CT molecular complexity index is 366. The Morgan fingerprint density at radius 3 is 2.88 bits per heavy atom. The molecular formula is C12H20N4O. The lowest BCUT2D eigenvalue weighted by atomic mass is 9.70. The molecule has 1 aliphatic carbocycles. The van der Waals surface area contributed by atoms with Gasteiger partial charge in [-0.15, -0.1) is 0 Å². The van der Waals surface area contributed by atoms with E-state index < -0.39 is 5.41 Å². The zero-order valence-corrected chi connectivity index (χ0v) is 10.2. The third-order valence-electron chi connectivity index (χ3n) is 3.85. The first kappa shape index (κ1) is 12.1. The number of nitrogens with zero attached hydrogens (tertiary/aromatic N) is 1. The van der Waals surface area contributed by atoms with Gasteiger partial charge >= 0.3 is 0 Å². The molecule has 5 nitrogen and oxygen atoms in total. The number of aromatic amines is 1. The van der Waals surface area contributed by atoms with Crippen molar-refractivity contribution in [3.63, 3.8) is 0 Å². The van der Waals surface area contributed by atoms with Gasteiger partial charge in [-0.1, -0.05) is 6.92 Å². The lowest BCUT2D eigenvalue weighted by Crippen LogP contribution is -2.44. The number of anilines is 1. The smallest absolute Gasteiger partial charge is 0.233 e. The summed E-state index contributed by atoms with van der Waals surface area (Å²) in [7, 11) is 0. The maximum absolute atomic E-state index is 12.3. The van der Waals surface area contributed by atoms with E-state index in [1.54, 1.807) is 12.3 Å². The summed E-state index contributed by atoms with van der Waals surface area (Å²) in [4.78, 5) is 12.3. The number of H-pyrrole nitrogens is 1. The number of carbonyl (C=O) groups excluding carboxylic acids is 1. The minimum absolute atomic E-state index is 0.0242. The quantitative estimate of drug-likeness (QED) is 0.743. The molecule has 1 amide bonds. The second-order valence-electron chi connectivity index (χ2n) is 5.09. The average molecular weight is 236 g/mol. The third kappa shape index (κ3) is 2.49. The lowest BCUT2D eigenvalue weighted by Gasteiger charge is -2.36. The SMILES string of the molecule is CC1CCC(CN)(C(=O)Nc2ccn[nH]2)CC1. The van der Waals surface area contributed by atoms with Crippen LogP contribution in [0.15, 0.2) is 12.3 Å². The minimum atomic E-state index is -0.391. The van der Waals surface area contributed by atoms with E-state index in [0.717, 1.165) is 25.7 Å². The highest BCUT2D eigenvalue weighted by atomic mass is 16.2. The highest BCUT2D eigenvalue weighted by Crippen LogP contribution is 2.38. The van der Waals surface area contributed by atoms with Crippen LogP contribution in [0, 0.1) is 11.3 Å². The van der Waals surface area contributed by atoms with Gasteiger partial charge in [0.2, 0.25) is 5.91 Å².